The number of hydrogen-bond acceptors (Lipinski definition) is 4. The van der Waals surface area contributed by atoms with E-state index >= 15 is 0 Å². The average molecular weight is 702 g/mol. The second kappa shape index (κ2) is 15.8. The molecular weight excluding hydrogens is 623 g/mol. The number of ether oxygens (including phenoxy) is 1. The van der Waals surface area contributed by atoms with Gasteiger partial charge in [-0.3, -0.25) is 16.0 Å². The van der Waals surface area contributed by atoms with Crippen LogP contribution in [0.15, 0.2) is 0 Å². The molecule has 2 saturated heterocycles. The van der Waals surface area contributed by atoms with Crippen LogP contribution in [0.4, 0.5) is 0 Å². The van der Waals surface area contributed by atoms with Crippen molar-refractivity contribution in [3.63, 3.8) is 0 Å². The van der Waals surface area contributed by atoms with E-state index in [2.05, 4.69) is 16.0 Å². The predicted molar refractivity (Wildman–Crippen MR) is 209 cm³/mol. The van der Waals surface area contributed by atoms with Crippen LogP contribution in [0, 0.1) is 76.9 Å². The van der Waals surface area contributed by atoms with Crippen LogP contribution < -0.4 is 16.0 Å². The molecule has 0 spiro atoms. The highest BCUT2D eigenvalue weighted by Gasteiger charge is 2.57. The zero-order chi connectivity index (χ0) is 33.7. The Morgan fingerprint density at radius 3 is 1.45 bits per heavy atom. The summed E-state index contributed by atoms with van der Waals surface area (Å²) in [4.78, 5) is 0. The summed E-state index contributed by atoms with van der Waals surface area (Å²) in [6.07, 6.45) is 45.8. The van der Waals surface area contributed by atoms with Gasteiger partial charge < -0.3 is 4.74 Å². The first kappa shape index (κ1) is 35.3. The molecule has 0 bridgehead atoms. The van der Waals surface area contributed by atoms with E-state index in [1.54, 1.807) is 44.9 Å². The third-order valence-electron chi connectivity index (χ3n) is 19.0. The lowest BCUT2D eigenvalue weighted by atomic mass is 9.53. The fourth-order valence-electron chi connectivity index (χ4n) is 16.5. The Morgan fingerprint density at radius 2 is 0.745 bits per heavy atom. The van der Waals surface area contributed by atoms with Crippen LogP contribution >= 0.6 is 0 Å². The van der Waals surface area contributed by atoms with Crippen molar-refractivity contribution in [2.24, 2.45) is 76.9 Å². The zero-order valence-corrected chi connectivity index (χ0v) is 32.8. The van der Waals surface area contributed by atoms with Gasteiger partial charge in [0.15, 0.2) is 0 Å². The normalized spacial score (nSPS) is 51.5. The summed E-state index contributed by atoms with van der Waals surface area (Å²) in [5.41, 5.74) is 0. The molecule has 8 saturated carbocycles. The van der Waals surface area contributed by atoms with Crippen molar-refractivity contribution in [2.75, 3.05) is 0 Å². The molecule has 14 atom stereocenters. The molecule has 0 aromatic heterocycles. The van der Waals surface area contributed by atoms with Gasteiger partial charge >= 0.3 is 0 Å². The van der Waals surface area contributed by atoms with Crippen LogP contribution in [-0.4, -0.2) is 30.7 Å². The van der Waals surface area contributed by atoms with Gasteiger partial charge in [-0.1, -0.05) is 89.9 Å². The van der Waals surface area contributed by atoms with Crippen LogP contribution in [0.25, 0.3) is 0 Å². The highest BCUT2D eigenvalue weighted by atomic mass is 16.5. The summed E-state index contributed by atoms with van der Waals surface area (Å²) in [5.74, 6) is 12.3. The van der Waals surface area contributed by atoms with Gasteiger partial charge in [0.05, 0.1) is 30.7 Å². The minimum Gasteiger partial charge on any atom is -0.374 e. The van der Waals surface area contributed by atoms with Crippen molar-refractivity contribution < 1.29 is 4.74 Å². The maximum absolute atomic E-state index is 7.45. The maximum atomic E-state index is 7.45. The number of fused-ring (bicyclic) bond motifs is 6. The van der Waals surface area contributed by atoms with E-state index in [0.29, 0.717) is 30.7 Å². The van der Waals surface area contributed by atoms with E-state index in [0.717, 1.165) is 76.9 Å². The molecule has 0 amide bonds. The lowest BCUT2D eigenvalue weighted by Gasteiger charge is -2.52. The molecule has 0 aromatic carbocycles. The van der Waals surface area contributed by atoms with Gasteiger partial charge in [-0.05, 0) is 173 Å². The quantitative estimate of drug-likeness (QED) is 0.267. The monoisotopic (exact) mass is 702 g/mol. The van der Waals surface area contributed by atoms with E-state index in [9.17, 15) is 0 Å². The summed E-state index contributed by atoms with van der Waals surface area (Å²) in [6, 6.07) is 0. The van der Waals surface area contributed by atoms with Crippen LogP contribution in [0.5, 0.6) is 0 Å². The molecule has 10 rings (SSSR count). The third-order valence-corrected chi connectivity index (χ3v) is 19.0. The first-order chi connectivity index (χ1) is 25.2. The van der Waals surface area contributed by atoms with E-state index in [1.807, 2.05) is 0 Å². The summed E-state index contributed by atoms with van der Waals surface area (Å²) in [6.45, 7) is 0. The van der Waals surface area contributed by atoms with Crippen molar-refractivity contribution in [2.45, 2.75) is 217 Å². The summed E-state index contributed by atoms with van der Waals surface area (Å²) < 4.78 is 7.45. The van der Waals surface area contributed by atoms with Gasteiger partial charge in [-0.25, -0.2) is 0 Å². The molecule has 51 heavy (non-hydrogen) atoms. The Morgan fingerprint density at radius 1 is 0.275 bits per heavy atom. The van der Waals surface area contributed by atoms with Crippen LogP contribution in [0.1, 0.15) is 186 Å². The second-order valence-corrected chi connectivity index (χ2v) is 21.3. The first-order valence-corrected chi connectivity index (χ1v) is 24.2. The predicted octanol–water partition coefficient (Wildman–Crippen LogP) is 10.9. The molecule has 288 valence electrons. The van der Waals surface area contributed by atoms with Gasteiger partial charge in [0.2, 0.25) is 0 Å². The van der Waals surface area contributed by atoms with E-state index in [1.165, 1.54) is 141 Å². The molecule has 2 heterocycles. The Hall–Kier alpha value is -0.160. The summed E-state index contributed by atoms with van der Waals surface area (Å²) in [7, 11) is 0. The van der Waals surface area contributed by atoms with Gasteiger partial charge in [0.1, 0.15) is 0 Å². The van der Waals surface area contributed by atoms with Crippen LogP contribution in [-0.2, 0) is 4.74 Å². The van der Waals surface area contributed by atoms with Gasteiger partial charge in [-0.15, -0.1) is 0 Å². The highest BCUT2D eigenvalue weighted by molar-refractivity contribution is 5.07. The molecule has 4 heteroatoms. The molecule has 10 fully saturated rings. The minimum absolute atomic E-state index is 0.467. The highest BCUT2D eigenvalue weighted by Crippen LogP contribution is 2.60. The van der Waals surface area contributed by atoms with Crippen molar-refractivity contribution >= 4 is 0 Å². The molecular formula is C47H79N3O. The van der Waals surface area contributed by atoms with Crippen molar-refractivity contribution in [3.05, 3.63) is 0 Å². The second-order valence-electron chi connectivity index (χ2n) is 21.3. The molecule has 8 aliphatic carbocycles. The average Bonchev–Trinajstić information content (AvgIpc) is 3.59. The van der Waals surface area contributed by atoms with E-state index in [-0.39, 0.29) is 0 Å². The topological polar surface area (TPSA) is 45.3 Å². The lowest BCUT2D eigenvalue weighted by Crippen LogP contribution is -2.73. The maximum Gasteiger partial charge on any atom is 0.0625 e. The molecule has 10 aliphatic rings. The van der Waals surface area contributed by atoms with Crippen LogP contribution in [0.3, 0.4) is 0 Å². The Labute approximate surface area is 313 Å². The minimum atomic E-state index is 0.467. The Kier molecular flexibility index (Phi) is 10.9. The number of nitrogens with one attached hydrogen (secondary N) is 3. The standard InChI is InChI=1S/C47H79N3O/c1-3-11-30(12-4-1)32-19-22-33(23-20-32)41-29-43-44(39-18-10-9-17-38(39)41)40-26-25-37(28-42(40)51-43)47-49-45(34-14-5-2-6-15-34)48-46(50-47)36-24-21-31-13-7-8-16-35(31)27-36/h30-50H,1-29H2. The van der Waals surface area contributed by atoms with Crippen molar-refractivity contribution in [1.82, 2.24) is 16.0 Å². The Bertz CT molecular complexity index is 1120. The smallest absolute Gasteiger partial charge is 0.0625 e. The van der Waals surface area contributed by atoms with Crippen LogP contribution in [0.2, 0.25) is 0 Å². The molecule has 3 N–H and O–H groups in total. The zero-order valence-electron chi connectivity index (χ0n) is 32.8. The van der Waals surface area contributed by atoms with E-state index in [4.69, 9.17) is 4.74 Å². The number of rotatable bonds is 5. The summed E-state index contributed by atoms with van der Waals surface area (Å²) in [5, 5.41) is 12.9. The first-order valence-electron chi connectivity index (χ1n) is 24.2. The summed E-state index contributed by atoms with van der Waals surface area (Å²) >= 11 is 0. The van der Waals surface area contributed by atoms with Gasteiger partial charge in [0.25, 0.3) is 0 Å². The molecule has 4 nitrogen and oxygen atoms in total. The molecule has 2 aliphatic heterocycles. The van der Waals surface area contributed by atoms with E-state index < -0.39 is 0 Å². The largest absolute Gasteiger partial charge is 0.374 e. The number of hydrogen-bond donors (Lipinski definition) is 3. The Balaban J connectivity index is 0.813. The molecule has 14 unspecified atom stereocenters. The SMILES string of the molecule is C1CCC(C2CCC(C3CC4OC5CC(C6NC(C7CCCCC7)NC(C7CCC8CCCCC8C7)N6)CCC5C4C4CCCCC34)CC2)CC1. The molecule has 0 aromatic rings. The fourth-order valence-corrected chi connectivity index (χ4v) is 16.5. The van der Waals surface area contributed by atoms with Crippen molar-refractivity contribution in [3.8, 4) is 0 Å². The van der Waals surface area contributed by atoms with Crippen molar-refractivity contribution in [1.29, 1.82) is 0 Å². The van der Waals surface area contributed by atoms with Gasteiger partial charge in [0, 0.05) is 0 Å². The van der Waals surface area contributed by atoms with Gasteiger partial charge in [-0.2, -0.15) is 0 Å². The third kappa shape index (κ3) is 7.20. The lowest BCUT2D eigenvalue weighted by molar-refractivity contribution is -0.0716. The fraction of sp³-hybridized carbons (Fsp3) is 1.00. The molecule has 0 radical (unpaired) electrons.